The molecule has 11 heavy (non-hydrogen) atoms. The zero-order chi connectivity index (χ0) is 8.69. The molecule has 0 bridgehead atoms. The van der Waals surface area contributed by atoms with Gasteiger partial charge in [-0.2, -0.15) is 12.6 Å². The Morgan fingerprint density at radius 1 is 1.36 bits per heavy atom. The van der Waals surface area contributed by atoms with Crippen molar-refractivity contribution in [2.75, 3.05) is 5.75 Å². The van der Waals surface area contributed by atoms with Crippen molar-refractivity contribution in [1.29, 1.82) is 0 Å². The number of nitrogens with two attached hydrogens (primary N) is 1. The molecule has 2 atom stereocenters. The molecule has 0 spiro atoms. The summed E-state index contributed by atoms with van der Waals surface area (Å²) >= 11 is 4.17. The zero-order valence-electron chi connectivity index (χ0n) is 7.71. The average Bonchev–Trinajstić information content (AvgIpc) is 2.03. The maximum absolute atomic E-state index is 5.82. The third-order valence-corrected chi connectivity index (χ3v) is 2.63. The minimum atomic E-state index is 0.287. The van der Waals surface area contributed by atoms with Crippen LogP contribution in [0.15, 0.2) is 0 Å². The molecule has 2 unspecified atom stereocenters. The Hall–Kier alpha value is 0.310. The van der Waals surface area contributed by atoms with Gasteiger partial charge in [0, 0.05) is 11.8 Å². The molecular formula is C9H21NS. The Morgan fingerprint density at radius 3 is 2.45 bits per heavy atom. The standard InChI is InChI=1S/C9H21NS/c1-3-4-5-6-8(2)9(10)7-11/h8-9,11H,3-7,10H2,1-2H3. The minimum Gasteiger partial charge on any atom is -0.327 e. The molecule has 0 radical (unpaired) electrons. The summed E-state index contributed by atoms with van der Waals surface area (Å²) in [5, 5.41) is 0. The van der Waals surface area contributed by atoms with E-state index in [2.05, 4.69) is 26.5 Å². The van der Waals surface area contributed by atoms with Gasteiger partial charge in [0.05, 0.1) is 0 Å². The van der Waals surface area contributed by atoms with Gasteiger partial charge in [-0.05, 0) is 12.3 Å². The van der Waals surface area contributed by atoms with Gasteiger partial charge in [0.2, 0.25) is 0 Å². The van der Waals surface area contributed by atoms with E-state index >= 15 is 0 Å². The second-order valence-corrected chi connectivity index (χ2v) is 3.68. The Balaban J connectivity index is 3.28. The molecule has 68 valence electrons. The number of rotatable bonds is 6. The van der Waals surface area contributed by atoms with Gasteiger partial charge in [0.15, 0.2) is 0 Å². The van der Waals surface area contributed by atoms with Gasteiger partial charge in [-0.15, -0.1) is 0 Å². The summed E-state index contributed by atoms with van der Waals surface area (Å²) in [4.78, 5) is 0. The van der Waals surface area contributed by atoms with Crippen LogP contribution in [-0.2, 0) is 0 Å². The van der Waals surface area contributed by atoms with E-state index in [1.165, 1.54) is 25.7 Å². The van der Waals surface area contributed by atoms with E-state index in [1.54, 1.807) is 0 Å². The predicted molar refractivity (Wildman–Crippen MR) is 55.1 cm³/mol. The molecule has 0 rings (SSSR count). The number of thiol groups is 1. The lowest BCUT2D eigenvalue weighted by Crippen LogP contribution is -2.29. The lowest BCUT2D eigenvalue weighted by Gasteiger charge is -2.17. The van der Waals surface area contributed by atoms with Crippen molar-refractivity contribution in [3.63, 3.8) is 0 Å². The van der Waals surface area contributed by atoms with Gasteiger partial charge >= 0.3 is 0 Å². The van der Waals surface area contributed by atoms with Gasteiger partial charge in [-0.25, -0.2) is 0 Å². The van der Waals surface area contributed by atoms with Crippen molar-refractivity contribution in [2.24, 2.45) is 11.7 Å². The Labute approximate surface area is 76.2 Å². The second kappa shape index (κ2) is 6.99. The van der Waals surface area contributed by atoms with Crippen LogP contribution in [0.3, 0.4) is 0 Å². The molecule has 0 saturated carbocycles. The van der Waals surface area contributed by atoms with Gasteiger partial charge in [0.1, 0.15) is 0 Å². The first-order chi connectivity index (χ1) is 5.22. The summed E-state index contributed by atoms with van der Waals surface area (Å²) in [6.07, 6.45) is 5.21. The van der Waals surface area contributed by atoms with Crippen LogP contribution in [-0.4, -0.2) is 11.8 Å². The van der Waals surface area contributed by atoms with Crippen LogP contribution in [0.1, 0.15) is 39.5 Å². The first-order valence-electron chi connectivity index (χ1n) is 4.58. The van der Waals surface area contributed by atoms with Crippen molar-refractivity contribution in [3.8, 4) is 0 Å². The minimum absolute atomic E-state index is 0.287. The zero-order valence-corrected chi connectivity index (χ0v) is 8.61. The predicted octanol–water partition coefficient (Wildman–Crippen LogP) is 2.46. The van der Waals surface area contributed by atoms with Gasteiger partial charge in [-0.1, -0.05) is 33.1 Å². The molecule has 0 aromatic carbocycles. The molecule has 0 fully saturated rings. The van der Waals surface area contributed by atoms with Crippen LogP contribution in [0.4, 0.5) is 0 Å². The Bertz CT molecular complexity index is 85.6. The van der Waals surface area contributed by atoms with Gasteiger partial charge in [-0.3, -0.25) is 0 Å². The highest BCUT2D eigenvalue weighted by Gasteiger charge is 2.09. The van der Waals surface area contributed by atoms with Gasteiger partial charge in [0.25, 0.3) is 0 Å². The van der Waals surface area contributed by atoms with E-state index in [0.29, 0.717) is 5.92 Å². The molecule has 0 amide bonds. The third kappa shape index (κ3) is 5.57. The largest absolute Gasteiger partial charge is 0.327 e. The molecule has 2 N–H and O–H groups in total. The van der Waals surface area contributed by atoms with E-state index in [1.807, 2.05) is 0 Å². The summed E-state index contributed by atoms with van der Waals surface area (Å²) in [5.41, 5.74) is 5.82. The molecule has 0 aliphatic rings. The van der Waals surface area contributed by atoms with E-state index in [-0.39, 0.29) is 6.04 Å². The molecular weight excluding hydrogens is 154 g/mol. The summed E-state index contributed by atoms with van der Waals surface area (Å²) in [6.45, 7) is 4.44. The smallest absolute Gasteiger partial charge is 0.0153 e. The summed E-state index contributed by atoms with van der Waals surface area (Å²) in [6, 6.07) is 0.287. The van der Waals surface area contributed by atoms with Crippen LogP contribution < -0.4 is 5.73 Å². The van der Waals surface area contributed by atoms with Crippen molar-refractivity contribution in [1.82, 2.24) is 0 Å². The van der Waals surface area contributed by atoms with Crippen LogP contribution in [0.25, 0.3) is 0 Å². The molecule has 0 heterocycles. The lowest BCUT2D eigenvalue weighted by molar-refractivity contribution is 0.434. The van der Waals surface area contributed by atoms with Crippen LogP contribution in [0.2, 0.25) is 0 Å². The van der Waals surface area contributed by atoms with E-state index in [4.69, 9.17) is 5.73 Å². The van der Waals surface area contributed by atoms with Crippen molar-refractivity contribution < 1.29 is 0 Å². The third-order valence-electron chi connectivity index (χ3n) is 2.20. The van der Waals surface area contributed by atoms with E-state index in [0.717, 1.165) is 5.75 Å². The number of unbranched alkanes of at least 4 members (excludes halogenated alkanes) is 2. The fourth-order valence-electron chi connectivity index (χ4n) is 1.11. The average molecular weight is 175 g/mol. The quantitative estimate of drug-likeness (QED) is 0.471. The Kier molecular flexibility index (Phi) is 7.18. The maximum Gasteiger partial charge on any atom is 0.0153 e. The van der Waals surface area contributed by atoms with E-state index in [9.17, 15) is 0 Å². The molecule has 0 aromatic heterocycles. The highest BCUT2D eigenvalue weighted by molar-refractivity contribution is 7.80. The Morgan fingerprint density at radius 2 is 2.00 bits per heavy atom. The first-order valence-corrected chi connectivity index (χ1v) is 5.22. The second-order valence-electron chi connectivity index (χ2n) is 3.32. The molecule has 0 aliphatic heterocycles. The SMILES string of the molecule is CCCCCC(C)C(N)CS. The number of hydrogen-bond acceptors (Lipinski definition) is 2. The van der Waals surface area contributed by atoms with E-state index < -0.39 is 0 Å². The van der Waals surface area contributed by atoms with Gasteiger partial charge < -0.3 is 5.73 Å². The normalized spacial score (nSPS) is 16.4. The van der Waals surface area contributed by atoms with Crippen molar-refractivity contribution >= 4 is 12.6 Å². The number of hydrogen-bond donors (Lipinski definition) is 2. The van der Waals surface area contributed by atoms with Crippen LogP contribution >= 0.6 is 12.6 Å². The lowest BCUT2D eigenvalue weighted by atomic mass is 9.97. The molecule has 2 heteroatoms. The topological polar surface area (TPSA) is 26.0 Å². The van der Waals surface area contributed by atoms with Crippen LogP contribution in [0.5, 0.6) is 0 Å². The summed E-state index contributed by atoms with van der Waals surface area (Å²) in [5.74, 6) is 1.45. The van der Waals surface area contributed by atoms with Crippen LogP contribution in [0, 0.1) is 5.92 Å². The monoisotopic (exact) mass is 175 g/mol. The maximum atomic E-state index is 5.82. The summed E-state index contributed by atoms with van der Waals surface area (Å²) < 4.78 is 0. The van der Waals surface area contributed by atoms with Crippen molar-refractivity contribution in [3.05, 3.63) is 0 Å². The molecule has 1 nitrogen and oxygen atoms in total. The summed E-state index contributed by atoms with van der Waals surface area (Å²) in [7, 11) is 0. The fourth-order valence-corrected chi connectivity index (χ4v) is 1.47. The first kappa shape index (κ1) is 11.3. The highest BCUT2D eigenvalue weighted by atomic mass is 32.1. The molecule has 0 aliphatic carbocycles. The molecule has 0 saturated heterocycles. The highest BCUT2D eigenvalue weighted by Crippen LogP contribution is 2.12. The van der Waals surface area contributed by atoms with Crippen molar-refractivity contribution in [2.45, 2.75) is 45.6 Å². The fraction of sp³-hybridized carbons (Fsp3) is 1.00. The molecule has 0 aromatic rings.